The van der Waals surface area contributed by atoms with Gasteiger partial charge in [-0.15, -0.1) is 8.80 Å². The van der Waals surface area contributed by atoms with E-state index in [9.17, 15) is 8.42 Å². The molecule has 0 radical (unpaired) electrons. The molecule has 8 heteroatoms. The molecule has 6 aromatic carbocycles. The maximum atomic E-state index is 11.6. The Hall–Kier alpha value is -4.27. The summed E-state index contributed by atoms with van der Waals surface area (Å²) in [7, 11) is -3.74. The first-order valence-corrected chi connectivity index (χ1v) is 13.4. The lowest BCUT2D eigenvalue weighted by molar-refractivity contribution is 0.599. The molecule has 2 heterocycles. The van der Waals surface area contributed by atoms with Gasteiger partial charge in [-0.25, -0.2) is 0 Å². The summed E-state index contributed by atoms with van der Waals surface area (Å²) in [5, 5.41) is 9.42. The van der Waals surface area contributed by atoms with E-state index in [2.05, 4.69) is 66.1 Å². The van der Waals surface area contributed by atoms with Gasteiger partial charge in [-0.2, -0.15) is 17.2 Å². The number of nitrogens with zero attached hydrogens (tertiary/aromatic N) is 4. The molecule has 1 aromatic heterocycles. The quantitative estimate of drug-likeness (QED) is 0.256. The number of benzene rings is 6. The summed E-state index contributed by atoms with van der Waals surface area (Å²) in [4.78, 5) is 0. The van der Waals surface area contributed by atoms with Crippen molar-refractivity contribution in [3.05, 3.63) is 108 Å². The van der Waals surface area contributed by atoms with Crippen LogP contribution in [0.3, 0.4) is 0 Å². The fourth-order valence-electron chi connectivity index (χ4n) is 4.93. The molecule has 0 atom stereocenters. The lowest BCUT2D eigenvalue weighted by Gasteiger charge is -2.04. The Morgan fingerprint density at radius 2 is 0.750 bits per heavy atom. The van der Waals surface area contributed by atoms with Gasteiger partial charge in [0.25, 0.3) is 0 Å². The first-order valence-electron chi connectivity index (χ1n) is 11.3. The van der Waals surface area contributed by atoms with Crippen molar-refractivity contribution in [3.63, 3.8) is 0 Å². The average Bonchev–Trinajstić information content (AvgIpc) is 3.54. The zero-order valence-corrected chi connectivity index (χ0v) is 20.3. The fourth-order valence-corrected chi connectivity index (χ4v) is 6.38. The van der Waals surface area contributed by atoms with Crippen LogP contribution in [0, 0.1) is 0 Å². The van der Waals surface area contributed by atoms with Crippen molar-refractivity contribution in [2.24, 2.45) is 8.80 Å². The van der Waals surface area contributed by atoms with Crippen molar-refractivity contribution in [3.8, 4) is 0 Å². The predicted octanol–water partition coefficient (Wildman–Crippen LogP) is 5.49. The smallest absolute Gasteiger partial charge is 0.179 e. The summed E-state index contributed by atoms with van der Waals surface area (Å²) in [6, 6.07) is 32.1. The van der Waals surface area contributed by atoms with Crippen LogP contribution in [0.25, 0.3) is 54.1 Å². The van der Waals surface area contributed by atoms with Gasteiger partial charge in [0.15, 0.2) is 0 Å². The van der Waals surface area contributed by atoms with Crippen LogP contribution in [-0.4, -0.2) is 17.2 Å². The topological polar surface area (TPSA) is 84.6 Å². The highest BCUT2D eigenvalue weighted by Gasteiger charge is 2.17. The summed E-state index contributed by atoms with van der Waals surface area (Å²) in [6.07, 6.45) is 0. The molecule has 1 aliphatic heterocycles. The highest BCUT2D eigenvalue weighted by molar-refractivity contribution is 7.88. The van der Waals surface area contributed by atoms with Gasteiger partial charge < -0.3 is 0 Å². The second kappa shape index (κ2) is 7.87. The van der Waals surface area contributed by atoms with Crippen LogP contribution in [0.2, 0.25) is 0 Å². The third-order valence-corrected chi connectivity index (χ3v) is 7.79. The highest BCUT2D eigenvalue weighted by Crippen LogP contribution is 2.33. The first-order chi connectivity index (χ1) is 17.6. The van der Waals surface area contributed by atoms with E-state index in [0.717, 1.165) is 32.6 Å². The number of fused-ring (bicyclic) bond motifs is 12. The summed E-state index contributed by atoms with van der Waals surface area (Å²) < 4.78 is 39.7. The molecule has 0 unspecified atom stereocenters. The third-order valence-electron chi connectivity index (χ3n) is 6.44. The van der Waals surface area contributed by atoms with Gasteiger partial charge in [0, 0.05) is 21.5 Å². The lowest BCUT2D eigenvalue weighted by atomic mass is 10.0. The Balaban J connectivity index is 0.000000123. The molecule has 8 rings (SSSR count). The van der Waals surface area contributed by atoms with Gasteiger partial charge >= 0.3 is 10.2 Å². The zero-order chi connectivity index (χ0) is 24.3. The minimum absolute atomic E-state index is 0.453. The molecule has 0 saturated carbocycles. The summed E-state index contributed by atoms with van der Waals surface area (Å²) in [5.41, 5.74) is 2.04. The van der Waals surface area contributed by atoms with Gasteiger partial charge in [0.2, 0.25) is 0 Å². The van der Waals surface area contributed by atoms with Crippen molar-refractivity contribution in [1.29, 1.82) is 0 Å². The van der Waals surface area contributed by atoms with E-state index in [4.69, 9.17) is 0 Å². The fraction of sp³-hybridized carbons (Fsp3) is 0. The van der Waals surface area contributed by atoms with Crippen molar-refractivity contribution < 1.29 is 8.42 Å². The second-order valence-electron chi connectivity index (χ2n) is 8.47. The van der Waals surface area contributed by atoms with Crippen molar-refractivity contribution in [1.82, 2.24) is 8.75 Å². The SMILES string of the molecule is O=S1(=O)N=c2c(c3ccccc3c3ccccc23)=N1.c1ccc2c(c1)c1ccccc1c1nsnc21. The number of hydrogen-bond acceptors (Lipinski definition) is 5. The molecule has 1 aliphatic rings. The van der Waals surface area contributed by atoms with Crippen LogP contribution in [-0.2, 0) is 10.2 Å². The molecule has 0 amide bonds. The molecule has 0 aliphatic carbocycles. The van der Waals surface area contributed by atoms with E-state index in [1.165, 1.54) is 33.3 Å². The van der Waals surface area contributed by atoms with E-state index in [1.807, 2.05) is 48.5 Å². The van der Waals surface area contributed by atoms with E-state index < -0.39 is 10.2 Å². The lowest BCUT2D eigenvalue weighted by Crippen LogP contribution is -2.23. The molecular formula is C28H16N4O2S2. The largest absolute Gasteiger partial charge is 0.364 e. The Bertz CT molecular complexity index is 2090. The molecule has 0 N–H and O–H groups in total. The van der Waals surface area contributed by atoms with E-state index in [-0.39, 0.29) is 0 Å². The molecule has 0 fully saturated rings. The van der Waals surface area contributed by atoms with Crippen LogP contribution in [0.4, 0.5) is 0 Å². The summed E-state index contributed by atoms with van der Waals surface area (Å²) in [5.74, 6) is 0. The first kappa shape index (κ1) is 21.0. The summed E-state index contributed by atoms with van der Waals surface area (Å²) >= 11 is 1.28. The molecule has 7 aromatic rings. The van der Waals surface area contributed by atoms with Gasteiger partial charge in [0.05, 0.1) is 11.7 Å². The Morgan fingerprint density at radius 1 is 0.444 bits per heavy atom. The average molecular weight is 505 g/mol. The van der Waals surface area contributed by atoms with Gasteiger partial charge in [0.1, 0.15) is 21.7 Å². The van der Waals surface area contributed by atoms with Gasteiger partial charge in [-0.3, -0.25) is 0 Å². The van der Waals surface area contributed by atoms with Crippen LogP contribution >= 0.6 is 11.7 Å². The van der Waals surface area contributed by atoms with E-state index in [1.54, 1.807) is 0 Å². The van der Waals surface area contributed by atoms with Crippen LogP contribution < -0.4 is 10.7 Å². The number of rotatable bonds is 0. The highest BCUT2D eigenvalue weighted by atomic mass is 32.2. The molecule has 0 bridgehead atoms. The van der Waals surface area contributed by atoms with Crippen molar-refractivity contribution in [2.45, 2.75) is 0 Å². The third kappa shape index (κ3) is 3.19. The van der Waals surface area contributed by atoms with Crippen LogP contribution in [0.1, 0.15) is 0 Å². The normalized spacial score (nSPS) is 13.9. The van der Waals surface area contributed by atoms with Crippen LogP contribution in [0.5, 0.6) is 0 Å². The Labute approximate surface area is 209 Å². The van der Waals surface area contributed by atoms with Crippen LogP contribution in [0.15, 0.2) is 106 Å². The van der Waals surface area contributed by atoms with E-state index >= 15 is 0 Å². The van der Waals surface area contributed by atoms with E-state index in [0.29, 0.717) is 10.7 Å². The number of hydrogen-bond donors (Lipinski definition) is 0. The minimum atomic E-state index is -3.74. The Morgan fingerprint density at radius 3 is 1.14 bits per heavy atom. The molecule has 172 valence electrons. The summed E-state index contributed by atoms with van der Waals surface area (Å²) in [6.45, 7) is 0. The molecule has 0 spiro atoms. The number of aromatic nitrogens is 2. The molecule has 6 nitrogen and oxygen atoms in total. The van der Waals surface area contributed by atoms with Gasteiger partial charge in [-0.1, -0.05) is 97.1 Å². The monoisotopic (exact) mass is 504 g/mol. The zero-order valence-electron chi connectivity index (χ0n) is 18.7. The minimum Gasteiger partial charge on any atom is -0.179 e. The maximum absolute atomic E-state index is 11.6. The maximum Gasteiger partial charge on any atom is 0.364 e. The molecule has 0 saturated heterocycles. The van der Waals surface area contributed by atoms with Crippen molar-refractivity contribution in [2.75, 3.05) is 0 Å². The van der Waals surface area contributed by atoms with Crippen molar-refractivity contribution >= 4 is 76.1 Å². The van der Waals surface area contributed by atoms with Gasteiger partial charge in [-0.05, 0) is 21.5 Å². The molecular weight excluding hydrogens is 488 g/mol. The molecule has 36 heavy (non-hydrogen) atoms. The second-order valence-corrected chi connectivity index (χ2v) is 10.3. The predicted molar refractivity (Wildman–Crippen MR) is 145 cm³/mol. The Kier molecular flexibility index (Phi) is 4.60. The standard InChI is InChI=1S/C14H8N2O2S.C14H8N2S/c17-19(18)15-13-11-7-3-1-5-9(11)10-6-2-4-8-12(10)14(13)16-19;1-3-7-11-9(5-1)10-6-2-4-8-12(10)14-13(11)15-17-16-14/h1-8H;1-8H.